The first-order valence-corrected chi connectivity index (χ1v) is 6.54. The van der Waals surface area contributed by atoms with E-state index in [0.717, 1.165) is 0 Å². The van der Waals surface area contributed by atoms with Crippen molar-refractivity contribution in [3.05, 3.63) is 33.3 Å². The number of halogens is 1. The summed E-state index contributed by atoms with van der Waals surface area (Å²) in [6, 6.07) is 4.09. The Morgan fingerprint density at radius 2 is 1.71 bits per heavy atom. The lowest BCUT2D eigenvalue weighted by Gasteiger charge is -2.28. The first kappa shape index (κ1) is 17.6. The largest absolute Gasteiger partial charge is 0.394 e. The van der Waals surface area contributed by atoms with E-state index >= 15 is 0 Å². The summed E-state index contributed by atoms with van der Waals surface area (Å²) in [5.41, 5.74) is -0.276. The summed E-state index contributed by atoms with van der Waals surface area (Å²) in [5.74, 6) is 0. The standard InChI is InChI=1S/C12H17ClN2O6/c13-10-2-1-3-11(15(20)21)12(10)14(4-8(18)6-16)5-9(19)7-17/h1-3,8-9,16-19H,4-7H2. The molecule has 0 heterocycles. The van der Waals surface area contributed by atoms with E-state index in [1.54, 1.807) is 0 Å². The normalized spacial score (nSPS) is 13.8. The molecule has 0 aliphatic heterocycles. The molecule has 0 aliphatic rings. The van der Waals surface area contributed by atoms with Crippen LogP contribution in [0.2, 0.25) is 5.02 Å². The highest BCUT2D eigenvalue weighted by Crippen LogP contribution is 2.35. The number of nitro benzene ring substituents is 1. The van der Waals surface area contributed by atoms with Crippen LogP contribution in [0.25, 0.3) is 0 Å². The number of aliphatic hydroxyl groups is 4. The summed E-state index contributed by atoms with van der Waals surface area (Å²) in [5, 5.41) is 48.1. The molecule has 118 valence electrons. The third-order valence-corrected chi connectivity index (χ3v) is 3.07. The Hall–Kier alpha value is -1.45. The fourth-order valence-electron chi connectivity index (χ4n) is 1.85. The molecule has 0 aromatic heterocycles. The molecule has 8 nitrogen and oxygen atoms in total. The molecule has 1 aromatic carbocycles. The van der Waals surface area contributed by atoms with Crippen LogP contribution in [-0.4, -0.2) is 63.9 Å². The van der Waals surface area contributed by atoms with Gasteiger partial charge < -0.3 is 25.3 Å². The molecule has 1 rings (SSSR count). The van der Waals surface area contributed by atoms with Crippen molar-refractivity contribution in [2.45, 2.75) is 12.2 Å². The molecule has 0 radical (unpaired) electrons. The van der Waals surface area contributed by atoms with Gasteiger partial charge in [0.15, 0.2) is 0 Å². The molecular weight excluding hydrogens is 304 g/mol. The van der Waals surface area contributed by atoms with Gasteiger partial charge in [-0.2, -0.15) is 0 Å². The summed E-state index contributed by atoms with van der Waals surface area (Å²) in [6.07, 6.45) is -2.35. The molecule has 0 bridgehead atoms. The fraction of sp³-hybridized carbons (Fsp3) is 0.500. The third kappa shape index (κ3) is 4.80. The minimum Gasteiger partial charge on any atom is -0.394 e. The summed E-state index contributed by atoms with van der Waals surface area (Å²) < 4.78 is 0. The minimum atomic E-state index is -1.17. The Labute approximate surface area is 126 Å². The summed E-state index contributed by atoms with van der Waals surface area (Å²) in [7, 11) is 0. The Morgan fingerprint density at radius 1 is 1.19 bits per heavy atom. The van der Waals surface area contributed by atoms with Crippen LogP contribution >= 0.6 is 11.6 Å². The number of hydrogen-bond donors (Lipinski definition) is 4. The first-order valence-electron chi connectivity index (χ1n) is 6.16. The number of benzene rings is 1. The van der Waals surface area contributed by atoms with E-state index in [4.69, 9.17) is 21.8 Å². The number of para-hydroxylation sites is 1. The molecule has 0 fully saturated rings. The summed E-state index contributed by atoms with van der Waals surface area (Å²) >= 11 is 5.99. The van der Waals surface area contributed by atoms with E-state index in [1.165, 1.54) is 23.1 Å². The molecule has 0 saturated heterocycles. The minimum absolute atomic E-state index is 0.0177. The zero-order valence-corrected chi connectivity index (χ0v) is 11.8. The molecule has 2 atom stereocenters. The van der Waals surface area contributed by atoms with Crippen LogP contribution in [0.5, 0.6) is 0 Å². The van der Waals surface area contributed by atoms with E-state index in [9.17, 15) is 20.3 Å². The monoisotopic (exact) mass is 320 g/mol. The van der Waals surface area contributed by atoms with E-state index in [0.29, 0.717) is 0 Å². The predicted octanol–water partition coefficient (Wildman–Crippen LogP) is -0.239. The maximum atomic E-state index is 11.1. The second-order valence-electron chi connectivity index (χ2n) is 4.44. The highest BCUT2D eigenvalue weighted by atomic mass is 35.5. The highest BCUT2D eigenvalue weighted by molar-refractivity contribution is 6.33. The van der Waals surface area contributed by atoms with Crippen LogP contribution in [0.15, 0.2) is 18.2 Å². The third-order valence-electron chi connectivity index (χ3n) is 2.76. The van der Waals surface area contributed by atoms with Gasteiger partial charge in [0.05, 0.1) is 35.4 Å². The van der Waals surface area contributed by atoms with Gasteiger partial charge in [-0.25, -0.2) is 0 Å². The van der Waals surface area contributed by atoms with Crippen molar-refractivity contribution >= 4 is 23.0 Å². The van der Waals surface area contributed by atoms with Gasteiger partial charge in [0.25, 0.3) is 5.69 Å². The van der Waals surface area contributed by atoms with E-state index in [1.807, 2.05) is 0 Å². The smallest absolute Gasteiger partial charge is 0.294 e. The van der Waals surface area contributed by atoms with Crippen molar-refractivity contribution < 1.29 is 25.3 Å². The van der Waals surface area contributed by atoms with E-state index < -0.39 is 30.3 Å². The van der Waals surface area contributed by atoms with Crippen LogP contribution in [0.4, 0.5) is 11.4 Å². The summed E-state index contributed by atoms with van der Waals surface area (Å²) in [6.45, 7) is -1.47. The molecule has 21 heavy (non-hydrogen) atoms. The van der Waals surface area contributed by atoms with Gasteiger partial charge in [-0.15, -0.1) is 0 Å². The topological polar surface area (TPSA) is 127 Å². The molecule has 0 aliphatic carbocycles. The molecule has 0 spiro atoms. The Morgan fingerprint density at radius 3 is 2.14 bits per heavy atom. The lowest BCUT2D eigenvalue weighted by atomic mass is 10.2. The average Bonchev–Trinajstić information content (AvgIpc) is 2.45. The quantitative estimate of drug-likeness (QED) is 0.384. The maximum Gasteiger partial charge on any atom is 0.294 e. The number of rotatable bonds is 8. The zero-order valence-electron chi connectivity index (χ0n) is 11.1. The molecule has 9 heteroatoms. The van der Waals surface area contributed by atoms with Crippen molar-refractivity contribution in [2.75, 3.05) is 31.2 Å². The van der Waals surface area contributed by atoms with Gasteiger partial charge in [0.2, 0.25) is 0 Å². The first-order chi connectivity index (χ1) is 9.90. The fourth-order valence-corrected chi connectivity index (χ4v) is 2.13. The zero-order chi connectivity index (χ0) is 16.0. The Bertz CT molecular complexity index is 475. The molecular formula is C12H17ClN2O6. The maximum absolute atomic E-state index is 11.1. The Balaban J connectivity index is 3.21. The van der Waals surface area contributed by atoms with Gasteiger partial charge >= 0.3 is 0 Å². The van der Waals surface area contributed by atoms with E-state index in [-0.39, 0.29) is 29.5 Å². The van der Waals surface area contributed by atoms with Gasteiger partial charge in [-0.3, -0.25) is 10.1 Å². The van der Waals surface area contributed by atoms with Gasteiger partial charge in [0, 0.05) is 19.2 Å². The predicted molar refractivity (Wildman–Crippen MR) is 76.5 cm³/mol. The SMILES string of the molecule is O=[N+]([O-])c1cccc(Cl)c1N(CC(O)CO)CC(O)CO. The second kappa shape index (κ2) is 8.11. The van der Waals surface area contributed by atoms with Crippen LogP contribution in [0, 0.1) is 10.1 Å². The summed E-state index contributed by atoms with van der Waals surface area (Å²) in [4.78, 5) is 11.7. The average molecular weight is 321 g/mol. The van der Waals surface area contributed by atoms with Crippen LogP contribution < -0.4 is 4.90 Å². The lowest BCUT2D eigenvalue weighted by Crippen LogP contribution is -2.40. The van der Waals surface area contributed by atoms with Crippen molar-refractivity contribution in [3.63, 3.8) is 0 Å². The number of nitro groups is 1. The number of hydrogen-bond acceptors (Lipinski definition) is 7. The molecule has 0 saturated carbocycles. The highest BCUT2D eigenvalue weighted by Gasteiger charge is 2.25. The van der Waals surface area contributed by atoms with Crippen molar-refractivity contribution in [3.8, 4) is 0 Å². The van der Waals surface area contributed by atoms with Crippen LogP contribution in [-0.2, 0) is 0 Å². The van der Waals surface area contributed by atoms with Crippen molar-refractivity contribution in [1.82, 2.24) is 0 Å². The molecule has 4 N–H and O–H groups in total. The van der Waals surface area contributed by atoms with Gasteiger partial charge in [-0.05, 0) is 6.07 Å². The molecule has 2 unspecified atom stereocenters. The van der Waals surface area contributed by atoms with Gasteiger partial charge in [0.1, 0.15) is 5.69 Å². The van der Waals surface area contributed by atoms with Gasteiger partial charge in [-0.1, -0.05) is 17.7 Å². The lowest BCUT2D eigenvalue weighted by molar-refractivity contribution is -0.384. The number of aliphatic hydroxyl groups excluding tert-OH is 4. The molecule has 1 aromatic rings. The van der Waals surface area contributed by atoms with E-state index in [2.05, 4.69) is 0 Å². The van der Waals surface area contributed by atoms with Crippen molar-refractivity contribution in [2.24, 2.45) is 0 Å². The number of nitrogens with zero attached hydrogens (tertiary/aromatic N) is 2. The number of anilines is 1. The second-order valence-corrected chi connectivity index (χ2v) is 4.85. The van der Waals surface area contributed by atoms with Crippen LogP contribution in [0.3, 0.4) is 0 Å². The van der Waals surface area contributed by atoms with Crippen molar-refractivity contribution in [1.29, 1.82) is 0 Å². The molecule has 0 amide bonds. The Kier molecular flexibility index (Phi) is 6.79. The van der Waals surface area contributed by atoms with Crippen LogP contribution in [0.1, 0.15) is 0 Å².